The molecule has 0 amide bonds. The maximum absolute atomic E-state index is 11.4. The van der Waals surface area contributed by atoms with Gasteiger partial charge in [-0.15, -0.1) is 5.10 Å². The molecular weight excluding hydrogens is 312 g/mol. The number of ether oxygens (including phenoxy) is 1. The minimum absolute atomic E-state index is 0.0787. The zero-order valence-electron chi connectivity index (χ0n) is 12.5. The van der Waals surface area contributed by atoms with Crippen molar-refractivity contribution in [1.82, 2.24) is 20.0 Å². The predicted molar refractivity (Wildman–Crippen MR) is 75.8 cm³/mol. The van der Waals surface area contributed by atoms with Crippen LogP contribution in [0.4, 0.5) is 16.4 Å². The Morgan fingerprint density at radius 3 is 2.26 bits per heavy atom. The molecule has 0 unspecified atom stereocenters. The molecule has 2 aromatic heterocycles. The summed E-state index contributed by atoms with van der Waals surface area (Å²) in [4.78, 5) is 30.2. The number of aromatic nitrogens is 4. The second kappa shape index (κ2) is 7.11. The Balaban J connectivity index is 0.000000277. The van der Waals surface area contributed by atoms with Crippen LogP contribution in [0.5, 0.6) is 0 Å². The van der Waals surface area contributed by atoms with E-state index in [0.717, 1.165) is 10.7 Å². The Kier molecular flexibility index (Phi) is 5.48. The number of nitrogens with one attached hydrogen (secondary N) is 1. The van der Waals surface area contributed by atoms with Crippen LogP contribution in [0, 0.1) is 20.2 Å². The van der Waals surface area contributed by atoms with Gasteiger partial charge in [0, 0.05) is 0 Å². The molecule has 1 N–H and O–H groups in total. The fourth-order valence-electron chi connectivity index (χ4n) is 1.17. The normalized spacial score (nSPS) is 10.4. The minimum atomic E-state index is -0.740. The van der Waals surface area contributed by atoms with Crippen molar-refractivity contribution in [2.75, 3.05) is 0 Å². The van der Waals surface area contributed by atoms with Crippen molar-refractivity contribution in [1.29, 1.82) is 0 Å². The average molecular weight is 326 g/mol. The lowest BCUT2D eigenvalue weighted by molar-refractivity contribution is -0.389. The van der Waals surface area contributed by atoms with E-state index in [2.05, 4.69) is 15.3 Å². The second-order valence-corrected chi connectivity index (χ2v) is 5.05. The summed E-state index contributed by atoms with van der Waals surface area (Å²) in [5.41, 5.74) is -0.655. The molecule has 12 heteroatoms. The average Bonchev–Trinajstić information content (AvgIpc) is 3.09. The molecule has 0 aliphatic heterocycles. The number of carbonyl (C=O) groups excluding carboxylic acids is 1. The largest absolute Gasteiger partial charge is 0.454 e. The quantitative estimate of drug-likeness (QED) is 0.646. The van der Waals surface area contributed by atoms with Gasteiger partial charge in [0.2, 0.25) is 0 Å². The van der Waals surface area contributed by atoms with Gasteiger partial charge in [0.25, 0.3) is 0 Å². The molecule has 2 heterocycles. The van der Waals surface area contributed by atoms with Gasteiger partial charge in [-0.2, -0.15) is 0 Å². The van der Waals surface area contributed by atoms with E-state index < -0.39 is 21.5 Å². The monoisotopic (exact) mass is 326 g/mol. The predicted octanol–water partition coefficient (Wildman–Crippen LogP) is 1.89. The zero-order chi connectivity index (χ0) is 17.6. The Morgan fingerprint density at radius 1 is 1.26 bits per heavy atom. The van der Waals surface area contributed by atoms with Crippen molar-refractivity contribution < 1.29 is 19.4 Å². The molecule has 0 radical (unpaired) electrons. The molecule has 0 spiro atoms. The molecule has 0 aromatic carbocycles. The van der Waals surface area contributed by atoms with E-state index in [1.807, 2.05) is 0 Å². The third-order valence-corrected chi connectivity index (χ3v) is 2.03. The van der Waals surface area contributed by atoms with E-state index in [9.17, 15) is 25.0 Å². The number of hydrogen-bond acceptors (Lipinski definition) is 8. The molecule has 0 atom stereocenters. The first-order chi connectivity index (χ1) is 10.6. The summed E-state index contributed by atoms with van der Waals surface area (Å²) in [6, 6.07) is 2.42. The van der Waals surface area contributed by atoms with E-state index in [1.165, 1.54) is 18.5 Å². The van der Waals surface area contributed by atoms with E-state index in [4.69, 9.17) is 4.74 Å². The Hall–Kier alpha value is -3.31. The van der Waals surface area contributed by atoms with Crippen LogP contribution in [0.25, 0.3) is 0 Å². The first kappa shape index (κ1) is 17.7. The van der Waals surface area contributed by atoms with Gasteiger partial charge in [-0.05, 0) is 30.6 Å². The SMILES string of the molecule is CC(C)(C)OC(=O)n1ccc([N+](=O)[O-])n1.O=[N+]([O-])c1ccn[nH]1. The number of aromatic amines is 1. The maximum Gasteiger partial charge on any atom is 0.454 e. The van der Waals surface area contributed by atoms with Gasteiger partial charge in [0.15, 0.2) is 0 Å². The van der Waals surface area contributed by atoms with Gasteiger partial charge < -0.3 is 25.0 Å². The minimum Gasteiger partial charge on any atom is -0.441 e. The lowest BCUT2D eigenvalue weighted by Crippen LogP contribution is -2.27. The molecule has 12 nitrogen and oxygen atoms in total. The molecule has 2 aromatic rings. The molecule has 23 heavy (non-hydrogen) atoms. The van der Waals surface area contributed by atoms with Crippen molar-refractivity contribution >= 4 is 17.7 Å². The summed E-state index contributed by atoms with van der Waals surface area (Å²) in [7, 11) is 0. The van der Waals surface area contributed by atoms with E-state index in [-0.39, 0.29) is 11.6 Å². The highest BCUT2D eigenvalue weighted by molar-refractivity contribution is 5.69. The molecule has 2 rings (SSSR count). The highest BCUT2D eigenvalue weighted by Crippen LogP contribution is 2.10. The van der Waals surface area contributed by atoms with Crippen LogP contribution in [-0.4, -0.2) is 41.5 Å². The first-order valence-corrected chi connectivity index (χ1v) is 6.17. The summed E-state index contributed by atoms with van der Waals surface area (Å²) in [5.74, 6) is -0.467. The van der Waals surface area contributed by atoms with Crippen LogP contribution in [0.3, 0.4) is 0 Å². The molecule has 0 aliphatic carbocycles. The lowest BCUT2D eigenvalue weighted by Gasteiger charge is -2.17. The maximum atomic E-state index is 11.4. The molecule has 0 bridgehead atoms. The number of nitrogens with zero attached hydrogens (tertiary/aromatic N) is 5. The highest BCUT2D eigenvalue weighted by atomic mass is 16.6. The second-order valence-electron chi connectivity index (χ2n) is 5.05. The molecule has 0 saturated heterocycles. The standard InChI is InChI=1S/C8H11N3O4.C3H3N3O2/c1-8(2,3)15-7(12)10-5-4-6(9-10)11(13)14;7-6(8)3-1-2-4-5-3/h4-5H,1-3H3;1-2H,(H,4,5). The summed E-state index contributed by atoms with van der Waals surface area (Å²) >= 11 is 0. The van der Waals surface area contributed by atoms with Gasteiger partial charge in [-0.3, -0.25) is 0 Å². The summed E-state index contributed by atoms with van der Waals surface area (Å²) in [5, 5.41) is 29.1. The van der Waals surface area contributed by atoms with Crippen LogP contribution in [0.15, 0.2) is 24.5 Å². The van der Waals surface area contributed by atoms with Crippen LogP contribution < -0.4 is 0 Å². The van der Waals surface area contributed by atoms with Crippen molar-refractivity contribution in [3.8, 4) is 0 Å². The van der Waals surface area contributed by atoms with Gasteiger partial charge in [-0.1, -0.05) is 9.78 Å². The summed E-state index contributed by atoms with van der Waals surface area (Å²) in [6.45, 7) is 5.09. The highest BCUT2D eigenvalue weighted by Gasteiger charge is 2.22. The zero-order valence-corrected chi connectivity index (χ0v) is 12.5. The molecule has 0 aliphatic rings. The number of carbonyl (C=O) groups is 1. The fraction of sp³-hybridized carbons (Fsp3) is 0.364. The Morgan fingerprint density at radius 2 is 1.91 bits per heavy atom. The third kappa shape index (κ3) is 5.91. The molecule has 124 valence electrons. The topological polar surface area (TPSA) is 159 Å². The van der Waals surface area contributed by atoms with E-state index in [0.29, 0.717) is 0 Å². The molecule has 0 fully saturated rings. The van der Waals surface area contributed by atoms with Crippen LogP contribution in [-0.2, 0) is 4.74 Å². The number of hydrogen-bond donors (Lipinski definition) is 1. The van der Waals surface area contributed by atoms with Gasteiger partial charge in [0.05, 0.1) is 29.6 Å². The van der Waals surface area contributed by atoms with Crippen LogP contribution in [0.2, 0.25) is 0 Å². The van der Waals surface area contributed by atoms with Gasteiger partial charge in [0.1, 0.15) is 5.60 Å². The van der Waals surface area contributed by atoms with Crippen molar-refractivity contribution in [2.24, 2.45) is 0 Å². The fourth-order valence-corrected chi connectivity index (χ4v) is 1.17. The van der Waals surface area contributed by atoms with Crippen LogP contribution >= 0.6 is 0 Å². The number of nitro groups is 2. The first-order valence-electron chi connectivity index (χ1n) is 6.17. The van der Waals surface area contributed by atoms with Gasteiger partial charge >= 0.3 is 17.7 Å². The van der Waals surface area contributed by atoms with Crippen molar-refractivity contribution in [3.63, 3.8) is 0 Å². The van der Waals surface area contributed by atoms with Crippen LogP contribution in [0.1, 0.15) is 20.8 Å². The van der Waals surface area contributed by atoms with Crippen molar-refractivity contribution in [3.05, 3.63) is 44.8 Å². The van der Waals surface area contributed by atoms with E-state index in [1.54, 1.807) is 20.8 Å². The van der Waals surface area contributed by atoms with Gasteiger partial charge in [-0.25, -0.2) is 4.79 Å². The summed E-state index contributed by atoms with van der Waals surface area (Å²) < 4.78 is 5.75. The molecular formula is C11H14N6O6. The smallest absolute Gasteiger partial charge is 0.441 e. The molecule has 0 saturated carbocycles. The number of rotatable bonds is 2. The summed E-state index contributed by atoms with van der Waals surface area (Å²) in [6.07, 6.45) is 1.78. The third-order valence-electron chi connectivity index (χ3n) is 2.03. The van der Waals surface area contributed by atoms with E-state index >= 15 is 0 Å². The number of H-pyrrole nitrogens is 1. The Bertz CT molecular complexity index is 686. The lowest BCUT2D eigenvalue weighted by atomic mass is 10.2. The van der Waals surface area contributed by atoms with Crippen molar-refractivity contribution in [2.45, 2.75) is 26.4 Å². The Labute approximate surface area is 129 Å².